The molecule has 4 heteroatoms. The fourth-order valence-electron chi connectivity index (χ4n) is 2.90. The van der Waals surface area contributed by atoms with E-state index in [1.165, 1.54) is 12.1 Å². The Morgan fingerprint density at radius 3 is 2.62 bits per heavy atom. The van der Waals surface area contributed by atoms with Crippen molar-refractivity contribution in [3.05, 3.63) is 65.7 Å². The molecule has 0 amide bonds. The molecule has 1 aliphatic rings. The van der Waals surface area contributed by atoms with E-state index in [9.17, 15) is 9.18 Å². The highest BCUT2D eigenvalue weighted by atomic mass is 19.1. The predicted octanol–water partition coefficient (Wildman–Crippen LogP) is 3.15. The minimum Gasteiger partial charge on any atom is -0.381 e. The van der Waals surface area contributed by atoms with Gasteiger partial charge in [0.05, 0.1) is 5.41 Å². The molecule has 0 bridgehead atoms. The Bertz CT molecular complexity index is 636. The van der Waals surface area contributed by atoms with E-state index in [2.05, 4.69) is 4.98 Å². The van der Waals surface area contributed by atoms with E-state index in [1.807, 2.05) is 6.07 Å². The van der Waals surface area contributed by atoms with Crippen molar-refractivity contribution < 1.29 is 13.9 Å². The van der Waals surface area contributed by atoms with Gasteiger partial charge in [-0.2, -0.15) is 0 Å². The lowest BCUT2D eigenvalue weighted by molar-refractivity contribution is 0.0420. The Labute approximate surface area is 122 Å². The molecule has 1 aromatic carbocycles. The topological polar surface area (TPSA) is 39.2 Å². The van der Waals surface area contributed by atoms with Gasteiger partial charge in [-0.15, -0.1) is 0 Å². The number of benzene rings is 1. The van der Waals surface area contributed by atoms with Crippen LogP contribution in [-0.2, 0) is 10.2 Å². The zero-order chi connectivity index (χ0) is 14.7. The molecular weight excluding hydrogens is 269 g/mol. The second-order valence-electron chi connectivity index (χ2n) is 5.25. The van der Waals surface area contributed by atoms with Crippen LogP contribution in [0.4, 0.5) is 4.39 Å². The summed E-state index contributed by atoms with van der Waals surface area (Å²) in [6, 6.07) is 11.6. The lowest BCUT2D eigenvalue weighted by Crippen LogP contribution is -2.41. The van der Waals surface area contributed by atoms with Crippen molar-refractivity contribution in [1.82, 2.24) is 4.98 Å². The van der Waals surface area contributed by atoms with Gasteiger partial charge in [0.25, 0.3) is 0 Å². The van der Waals surface area contributed by atoms with Crippen LogP contribution in [-0.4, -0.2) is 24.0 Å². The average molecular weight is 285 g/mol. The Morgan fingerprint density at radius 2 is 1.95 bits per heavy atom. The number of aromatic nitrogens is 1. The molecule has 1 fully saturated rings. The molecule has 0 radical (unpaired) electrons. The van der Waals surface area contributed by atoms with Crippen LogP contribution in [0.5, 0.6) is 0 Å². The number of nitrogens with zero attached hydrogens (tertiary/aromatic N) is 1. The maximum absolute atomic E-state index is 13.6. The van der Waals surface area contributed by atoms with E-state index >= 15 is 0 Å². The van der Waals surface area contributed by atoms with Crippen LogP contribution >= 0.6 is 0 Å². The summed E-state index contributed by atoms with van der Waals surface area (Å²) in [7, 11) is 0. The van der Waals surface area contributed by atoms with Crippen molar-refractivity contribution in [3.63, 3.8) is 0 Å². The number of hydrogen-bond acceptors (Lipinski definition) is 3. The van der Waals surface area contributed by atoms with E-state index in [1.54, 1.807) is 30.5 Å². The van der Waals surface area contributed by atoms with E-state index in [4.69, 9.17) is 4.74 Å². The summed E-state index contributed by atoms with van der Waals surface area (Å²) in [6.07, 6.45) is 2.70. The molecule has 21 heavy (non-hydrogen) atoms. The van der Waals surface area contributed by atoms with Gasteiger partial charge in [-0.3, -0.25) is 9.78 Å². The summed E-state index contributed by atoms with van der Waals surface area (Å²) in [5.74, 6) is -0.385. The van der Waals surface area contributed by atoms with Crippen LogP contribution in [0, 0.1) is 5.82 Å². The fraction of sp³-hybridized carbons (Fsp3) is 0.294. The van der Waals surface area contributed by atoms with Crippen LogP contribution in [0.2, 0.25) is 0 Å². The van der Waals surface area contributed by atoms with Gasteiger partial charge in [0.1, 0.15) is 11.5 Å². The molecule has 2 aromatic rings. The third kappa shape index (κ3) is 2.59. The van der Waals surface area contributed by atoms with Gasteiger partial charge >= 0.3 is 0 Å². The van der Waals surface area contributed by atoms with Gasteiger partial charge < -0.3 is 4.74 Å². The van der Waals surface area contributed by atoms with Crippen LogP contribution in [0.25, 0.3) is 0 Å². The van der Waals surface area contributed by atoms with Gasteiger partial charge in [0.15, 0.2) is 5.78 Å². The number of carbonyl (C=O) groups is 1. The number of pyridine rings is 1. The molecule has 3 nitrogen and oxygen atoms in total. The van der Waals surface area contributed by atoms with E-state index in [-0.39, 0.29) is 11.6 Å². The first kappa shape index (κ1) is 13.9. The first-order valence-electron chi connectivity index (χ1n) is 7.02. The van der Waals surface area contributed by atoms with Gasteiger partial charge in [-0.25, -0.2) is 4.39 Å². The Morgan fingerprint density at radius 1 is 1.14 bits per heavy atom. The fourth-order valence-corrected chi connectivity index (χ4v) is 2.90. The summed E-state index contributed by atoms with van der Waals surface area (Å²) in [6.45, 7) is 0.990. The van der Waals surface area contributed by atoms with Crippen molar-refractivity contribution in [2.24, 2.45) is 0 Å². The second kappa shape index (κ2) is 5.74. The highest BCUT2D eigenvalue weighted by molar-refractivity contribution is 6.02. The number of rotatable bonds is 3. The first-order chi connectivity index (χ1) is 10.2. The first-order valence-corrected chi connectivity index (χ1v) is 7.02. The number of hydrogen-bond donors (Lipinski definition) is 0. The summed E-state index contributed by atoms with van der Waals surface area (Å²) >= 11 is 0. The molecule has 1 aliphatic heterocycles. The van der Waals surface area contributed by atoms with Crippen LogP contribution in [0.1, 0.15) is 28.9 Å². The number of halogens is 1. The quantitative estimate of drug-likeness (QED) is 0.813. The zero-order valence-electron chi connectivity index (χ0n) is 11.6. The molecule has 0 aliphatic carbocycles. The lowest BCUT2D eigenvalue weighted by atomic mass is 9.70. The Balaban J connectivity index is 2.07. The molecular formula is C17H16FNO2. The smallest absolute Gasteiger partial charge is 0.191 e. The minimum absolute atomic E-state index is 0.0583. The van der Waals surface area contributed by atoms with Gasteiger partial charge in [0.2, 0.25) is 0 Å². The molecule has 0 saturated carbocycles. The van der Waals surface area contributed by atoms with Gasteiger partial charge in [0, 0.05) is 19.4 Å². The number of ketones is 1. The normalized spacial score (nSPS) is 17.4. The third-order valence-electron chi connectivity index (χ3n) is 4.06. The number of carbonyl (C=O) groups excluding carboxylic acids is 1. The SMILES string of the molecule is O=C(c1ccccn1)C1(c2cccc(F)c2)CCOCC1. The Hall–Kier alpha value is -2.07. The predicted molar refractivity (Wildman–Crippen MR) is 76.7 cm³/mol. The highest BCUT2D eigenvalue weighted by Gasteiger charge is 2.42. The molecule has 0 unspecified atom stereocenters. The van der Waals surface area contributed by atoms with Crippen molar-refractivity contribution in [3.8, 4) is 0 Å². The maximum Gasteiger partial charge on any atom is 0.191 e. The zero-order valence-corrected chi connectivity index (χ0v) is 11.6. The van der Waals surface area contributed by atoms with E-state index in [0.717, 1.165) is 0 Å². The standard InChI is InChI=1S/C17H16FNO2/c18-14-5-3-4-13(12-14)17(7-10-21-11-8-17)16(20)15-6-1-2-9-19-15/h1-6,9,12H,7-8,10-11H2. The summed E-state index contributed by atoms with van der Waals surface area (Å²) in [5, 5.41) is 0. The molecule has 0 atom stereocenters. The lowest BCUT2D eigenvalue weighted by Gasteiger charge is -2.36. The largest absolute Gasteiger partial charge is 0.381 e. The number of Topliss-reactive ketones (excluding diaryl/α,β-unsaturated/α-hetero) is 1. The Kier molecular flexibility index (Phi) is 3.80. The van der Waals surface area contributed by atoms with Crippen LogP contribution < -0.4 is 0 Å². The number of ether oxygens (including phenoxy) is 1. The molecule has 0 N–H and O–H groups in total. The van der Waals surface area contributed by atoms with E-state index in [0.29, 0.717) is 37.3 Å². The average Bonchev–Trinajstić information content (AvgIpc) is 2.55. The van der Waals surface area contributed by atoms with Gasteiger partial charge in [-0.1, -0.05) is 18.2 Å². The molecule has 0 spiro atoms. The minimum atomic E-state index is -0.741. The molecule has 3 rings (SSSR count). The van der Waals surface area contributed by atoms with Crippen LogP contribution in [0.15, 0.2) is 48.7 Å². The van der Waals surface area contributed by atoms with Crippen molar-refractivity contribution in [2.45, 2.75) is 18.3 Å². The monoisotopic (exact) mass is 285 g/mol. The molecule has 2 heterocycles. The van der Waals surface area contributed by atoms with Crippen molar-refractivity contribution >= 4 is 5.78 Å². The van der Waals surface area contributed by atoms with Gasteiger partial charge in [-0.05, 0) is 42.7 Å². The second-order valence-corrected chi connectivity index (χ2v) is 5.25. The summed E-state index contributed by atoms with van der Waals surface area (Å²) in [5.41, 5.74) is 0.388. The van der Waals surface area contributed by atoms with Crippen LogP contribution in [0.3, 0.4) is 0 Å². The van der Waals surface area contributed by atoms with Crippen molar-refractivity contribution in [1.29, 1.82) is 0 Å². The molecule has 1 aromatic heterocycles. The molecule has 108 valence electrons. The maximum atomic E-state index is 13.6. The van der Waals surface area contributed by atoms with Crippen molar-refractivity contribution in [2.75, 3.05) is 13.2 Å². The summed E-state index contributed by atoms with van der Waals surface area (Å²) < 4.78 is 19.0. The highest BCUT2D eigenvalue weighted by Crippen LogP contribution is 2.37. The van der Waals surface area contributed by atoms with E-state index < -0.39 is 5.41 Å². The summed E-state index contributed by atoms with van der Waals surface area (Å²) in [4.78, 5) is 17.2. The molecule has 1 saturated heterocycles. The third-order valence-corrected chi connectivity index (χ3v) is 4.06.